The summed E-state index contributed by atoms with van der Waals surface area (Å²) in [6, 6.07) is 0. The van der Waals surface area contributed by atoms with Crippen LogP contribution in [0, 0.1) is 58.2 Å². The zero-order valence-electron chi connectivity index (χ0n) is 38.1. The molecule has 0 N–H and O–H groups in total. The highest BCUT2D eigenvalue weighted by Crippen LogP contribution is 2.68. The number of fused-ring (bicyclic) bond motifs is 5. The van der Waals surface area contributed by atoms with E-state index in [4.69, 9.17) is 4.74 Å². The zero-order valence-corrected chi connectivity index (χ0v) is 38.1. The molecule has 2 nitrogen and oxygen atoms in total. The Hall–Kier alpha value is -0.790. The Bertz CT molecular complexity index is 1050. The topological polar surface area (TPSA) is 26.3 Å². The first kappa shape index (κ1) is 46.9. The van der Waals surface area contributed by atoms with Gasteiger partial charge in [0.1, 0.15) is 0 Å². The first-order valence-electron chi connectivity index (χ1n) is 25.5. The van der Waals surface area contributed by atoms with Gasteiger partial charge in [0.2, 0.25) is 0 Å². The van der Waals surface area contributed by atoms with E-state index in [2.05, 4.69) is 47.6 Å². The van der Waals surface area contributed by atoms with E-state index in [9.17, 15) is 4.79 Å². The minimum Gasteiger partial charge on any atom is -0.463 e. The summed E-state index contributed by atoms with van der Waals surface area (Å²) in [6.45, 7) is 15.7. The van der Waals surface area contributed by atoms with Gasteiger partial charge in [-0.05, 0) is 135 Å². The molecule has 0 aromatic carbocycles. The van der Waals surface area contributed by atoms with E-state index in [0.717, 1.165) is 48.3 Å². The smallest absolute Gasteiger partial charge is 0.330 e. The third-order valence-electron chi connectivity index (χ3n) is 17.2. The van der Waals surface area contributed by atoms with Crippen LogP contribution >= 0.6 is 0 Å². The van der Waals surface area contributed by atoms with Gasteiger partial charge in [-0.2, -0.15) is 0 Å². The largest absolute Gasteiger partial charge is 0.463 e. The molecule has 0 aliphatic heterocycles. The van der Waals surface area contributed by atoms with Crippen molar-refractivity contribution in [2.24, 2.45) is 58.2 Å². The number of ether oxygens (including phenoxy) is 1. The van der Waals surface area contributed by atoms with Gasteiger partial charge >= 0.3 is 5.97 Å². The van der Waals surface area contributed by atoms with Gasteiger partial charge in [0.15, 0.2) is 0 Å². The molecule has 0 spiro atoms. The molecule has 9 atom stereocenters. The standard InChI is InChI=1S/C53H96O2/c1-7-8-9-10-11-12-13-14-15-16-17-18-19-20-21-22-23-24-25-26-27-31-51(54)55-42-39-45(43(2)3)33-32-44(4)48-36-37-49-47-35-34-46-30-28-29-40-52(46,5)50(47)38-41-53(48,49)6/h27,31,43-50H,7-26,28-30,32-42H2,1-6H3/t44-,45+,46?,47+,48-,49+,50+,52+,53-/m1/s1. The summed E-state index contributed by atoms with van der Waals surface area (Å²) in [6.07, 6.45) is 50.3. The van der Waals surface area contributed by atoms with Crippen LogP contribution in [-0.2, 0) is 9.53 Å². The van der Waals surface area contributed by atoms with Crippen LogP contribution in [0.4, 0.5) is 0 Å². The summed E-state index contributed by atoms with van der Waals surface area (Å²) in [5.41, 5.74) is 1.22. The minimum atomic E-state index is -0.134. The molecule has 0 aromatic rings. The SMILES string of the molecule is CCCCCCCCCCCCCCCCCCCCCC=CC(=O)OCC[C@H](CC[C@@H](C)[C@H]1CC[C@H]2[C@@H]3CCC4CCCC[C@]4(C)[C@H]3CC[C@]12C)C(C)C. The maximum atomic E-state index is 12.5. The number of hydrogen-bond donors (Lipinski definition) is 0. The van der Waals surface area contributed by atoms with Crippen LogP contribution in [0.15, 0.2) is 12.2 Å². The molecule has 4 aliphatic carbocycles. The summed E-state index contributed by atoms with van der Waals surface area (Å²) in [5, 5.41) is 0. The number of rotatable bonds is 29. The fraction of sp³-hybridized carbons (Fsp3) is 0.943. The lowest BCUT2D eigenvalue weighted by molar-refractivity contribution is -0.138. The number of hydrogen-bond acceptors (Lipinski definition) is 2. The summed E-state index contributed by atoms with van der Waals surface area (Å²) in [4.78, 5) is 12.5. The average molecular weight is 765 g/mol. The Kier molecular flexibility index (Phi) is 21.9. The van der Waals surface area contributed by atoms with Crippen LogP contribution in [0.3, 0.4) is 0 Å². The Morgan fingerprint density at radius 3 is 1.80 bits per heavy atom. The first-order valence-corrected chi connectivity index (χ1v) is 25.5. The molecule has 0 radical (unpaired) electrons. The molecule has 1 unspecified atom stereocenters. The van der Waals surface area contributed by atoms with Crippen LogP contribution in [0.25, 0.3) is 0 Å². The van der Waals surface area contributed by atoms with Crippen molar-refractivity contribution in [3.8, 4) is 0 Å². The number of carbonyl (C=O) groups excluding carboxylic acids is 1. The maximum absolute atomic E-state index is 12.5. The van der Waals surface area contributed by atoms with Crippen LogP contribution in [-0.4, -0.2) is 12.6 Å². The summed E-state index contributed by atoms with van der Waals surface area (Å²) < 4.78 is 5.73. The van der Waals surface area contributed by atoms with E-state index in [0.29, 0.717) is 29.3 Å². The van der Waals surface area contributed by atoms with E-state index >= 15 is 0 Å². The second-order valence-electron chi connectivity index (χ2n) is 21.2. The van der Waals surface area contributed by atoms with E-state index in [1.54, 1.807) is 6.08 Å². The molecule has 4 rings (SSSR count). The molecular formula is C53H96O2. The molecule has 0 amide bonds. The van der Waals surface area contributed by atoms with Crippen molar-refractivity contribution in [1.29, 1.82) is 0 Å². The molecule has 2 heteroatoms. The summed E-state index contributed by atoms with van der Waals surface area (Å²) in [5.74, 6) is 6.90. The van der Waals surface area contributed by atoms with E-state index < -0.39 is 0 Å². The molecule has 55 heavy (non-hydrogen) atoms. The van der Waals surface area contributed by atoms with E-state index in [1.807, 2.05) is 0 Å². The number of unbranched alkanes of at least 4 members (excludes halogenated alkanes) is 19. The molecule has 0 aromatic heterocycles. The molecule has 0 bridgehead atoms. The number of allylic oxidation sites excluding steroid dienone is 1. The van der Waals surface area contributed by atoms with Crippen LogP contribution in [0.2, 0.25) is 0 Å². The Morgan fingerprint density at radius 2 is 1.20 bits per heavy atom. The summed E-state index contributed by atoms with van der Waals surface area (Å²) >= 11 is 0. The molecule has 0 heterocycles. The Morgan fingerprint density at radius 1 is 0.618 bits per heavy atom. The third kappa shape index (κ3) is 14.8. The van der Waals surface area contributed by atoms with Gasteiger partial charge < -0.3 is 4.74 Å². The van der Waals surface area contributed by atoms with Crippen LogP contribution in [0.5, 0.6) is 0 Å². The van der Waals surface area contributed by atoms with Gasteiger partial charge in [-0.1, -0.05) is 182 Å². The van der Waals surface area contributed by atoms with Gasteiger partial charge in [-0.3, -0.25) is 0 Å². The fourth-order valence-electron chi connectivity index (χ4n) is 13.6. The lowest BCUT2D eigenvalue weighted by Gasteiger charge is -2.61. The monoisotopic (exact) mass is 765 g/mol. The lowest BCUT2D eigenvalue weighted by Crippen LogP contribution is -2.53. The Balaban J connectivity index is 0.985. The predicted octanol–water partition coefficient (Wildman–Crippen LogP) is 17.0. The maximum Gasteiger partial charge on any atom is 0.330 e. The molecule has 320 valence electrons. The van der Waals surface area contributed by atoms with Gasteiger partial charge in [0, 0.05) is 6.08 Å². The molecule has 4 fully saturated rings. The van der Waals surface area contributed by atoms with Gasteiger partial charge in [-0.15, -0.1) is 0 Å². The molecular weight excluding hydrogens is 669 g/mol. The lowest BCUT2D eigenvalue weighted by atomic mass is 9.44. The minimum absolute atomic E-state index is 0.134. The van der Waals surface area contributed by atoms with Crippen molar-refractivity contribution < 1.29 is 9.53 Å². The van der Waals surface area contributed by atoms with Crippen molar-refractivity contribution in [2.45, 2.75) is 253 Å². The number of carbonyl (C=O) groups is 1. The highest BCUT2D eigenvalue weighted by atomic mass is 16.5. The van der Waals surface area contributed by atoms with Crippen molar-refractivity contribution in [3.63, 3.8) is 0 Å². The third-order valence-corrected chi connectivity index (χ3v) is 17.2. The van der Waals surface area contributed by atoms with Crippen LogP contribution in [0.1, 0.15) is 253 Å². The van der Waals surface area contributed by atoms with Gasteiger partial charge in [0.05, 0.1) is 6.61 Å². The normalized spacial score (nSPS) is 30.3. The fourth-order valence-corrected chi connectivity index (χ4v) is 13.6. The molecule has 4 aliphatic rings. The average Bonchev–Trinajstić information content (AvgIpc) is 3.53. The second kappa shape index (κ2) is 25.6. The van der Waals surface area contributed by atoms with Gasteiger partial charge in [0.25, 0.3) is 0 Å². The predicted molar refractivity (Wildman–Crippen MR) is 239 cm³/mol. The van der Waals surface area contributed by atoms with Crippen LogP contribution < -0.4 is 0 Å². The molecule has 0 saturated heterocycles. The summed E-state index contributed by atoms with van der Waals surface area (Å²) in [7, 11) is 0. The first-order chi connectivity index (χ1) is 26.7. The van der Waals surface area contributed by atoms with Crippen molar-refractivity contribution in [1.82, 2.24) is 0 Å². The highest BCUT2D eigenvalue weighted by molar-refractivity contribution is 5.81. The highest BCUT2D eigenvalue weighted by Gasteiger charge is 2.60. The van der Waals surface area contributed by atoms with E-state index in [1.165, 1.54) is 199 Å². The quantitative estimate of drug-likeness (QED) is 0.0431. The van der Waals surface area contributed by atoms with Crippen molar-refractivity contribution in [2.75, 3.05) is 6.61 Å². The zero-order chi connectivity index (χ0) is 39.4. The second-order valence-corrected chi connectivity index (χ2v) is 21.2. The van der Waals surface area contributed by atoms with E-state index in [-0.39, 0.29) is 5.97 Å². The molecule has 4 saturated carbocycles. The Labute approximate surface area is 344 Å². The van der Waals surface area contributed by atoms with Gasteiger partial charge in [-0.25, -0.2) is 4.79 Å². The van der Waals surface area contributed by atoms with Crippen molar-refractivity contribution >= 4 is 5.97 Å². The van der Waals surface area contributed by atoms with Crippen molar-refractivity contribution in [3.05, 3.63) is 12.2 Å². The number of esters is 1.